The molecule has 2 unspecified atom stereocenters. The van der Waals surface area contributed by atoms with Gasteiger partial charge in [0.15, 0.2) is 0 Å². The van der Waals surface area contributed by atoms with Crippen LogP contribution >= 0.6 is 31.9 Å². The van der Waals surface area contributed by atoms with Gasteiger partial charge in [-0.2, -0.15) is 0 Å². The van der Waals surface area contributed by atoms with Crippen molar-refractivity contribution in [1.29, 1.82) is 0 Å². The maximum absolute atomic E-state index is 3.56. The summed E-state index contributed by atoms with van der Waals surface area (Å²) in [6.07, 6.45) is 0. The average Bonchev–Trinajstić information content (AvgIpc) is 2.88. The van der Waals surface area contributed by atoms with E-state index in [1.54, 1.807) is 0 Å². The second kappa shape index (κ2) is 4.11. The van der Waals surface area contributed by atoms with Crippen molar-refractivity contribution in [1.82, 2.24) is 4.90 Å². The Labute approximate surface area is 95.4 Å². The number of hydrogen-bond acceptors (Lipinski definition) is 1. The molecule has 0 N–H and O–H groups in total. The van der Waals surface area contributed by atoms with Crippen molar-refractivity contribution in [2.24, 2.45) is 0 Å². The Balaban J connectivity index is 1.99. The van der Waals surface area contributed by atoms with Crippen LogP contribution in [0.5, 0.6) is 0 Å². The van der Waals surface area contributed by atoms with Gasteiger partial charge >= 0.3 is 0 Å². The van der Waals surface area contributed by atoms with Crippen molar-refractivity contribution in [3.8, 4) is 0 Å². The molecule has 13 heavy (non-hydrogen) atoms. The molecule has 3 heteroatoms. The normalized spacial score (nSPS) is 26.0. The molecular formula is C10H11Br2N. The van der Waals surface area contributed by atoms with E-state index in [0.717, 1.165) is 17.9 Å². The van der Waals surface area contributed by atoms with E-state index < -0.39 is 0 Å². The third kappa shape index (κ3) is 2.33. The lowest BCUT2D eigenvalue weighted by molar-refractivity contribution is 0.517. The summed E-state index contributed by atoms with van der Waals surface area (Å²) in [5.74, 6) is 0. The monoisotopic (exact) mass is 303 g/mol. The zero-order valence-corrected chi connectivity index (χ0v) is 10.4. The minimum absolute atomic E-state index is 0.757. The summed E-state index contributed by atoms with van der Waals surface area (Å²) in [5.41, 5.74) is 1.38. The Hall–Kier alpha value is 0.140. The van der Waals surface area contributed by atoms with Gasteiger partial charge < -0.3 is 0 Å². The maximum Gasteiger partial charge on any atom is 0.0324 e. The third-order valence-corrected chi connectivity index (χ3v) is 3.86. The van der Waals surface area contributed by atoms with Crippen LogP contribution in [0.1, 0.15) is 5.56 Å². The molecule has 0 saturated carbocycles. The first kappa shape index (κ1) is 9.69. The third-order valence-electron chi connectivity index (χ3n) is 2.34. The largest absolute Gasteiger partial charge is 0.292 e. The van der Waals surface area contributed by atoms with Crippen molar-refractivity contribution in [2.75, 3.05) is 11.9 Å². The Kier molecular flexibility index (Phi) is 3.06. The number of alkyl halides is 1. The van der Waals surface area contributed by atoms with E-state index >= 15 is 0 Å². The number of hydrogen-bond donors (Lipinski definition) is 0. The molecule has 1 saturated heterocycles. The molecule has 1 nitrogen and oxygen atoms in total. The molecule has 70 valence electrons. The van der Waals surface area contributed by atoms with Crippen LogP contribution in [0.3, 0.4) is 0 Å². The van der Waals surface area contributed by atoms with Gasteiger partial charge in [0.1, 0.15) is 0 Å². The van der Waals surface area contributed by atoms with Crippen molar-refractivity contribution >= 4 is 31.9 Å². The Morgan fingerprint density at radius 3 is 2.77 bits per heavy atom. The van der Waals surface area contributed by atoms with Crippen molar-refractivity contribution in [3.63, 3.8) is 0 Å². The van der Waals surface area contributed by atoms with Gasteiger partial charge in [0.2, 0.25) is 0 Å². The van der Waals surface area contributed by atoms with E-state index in [9.17, 15) is 0 Å². The SMILES string of the molecule is BrCC1CN1Cc1ccccc1Br. The topological polar surface area (TPSA) is 3.01 Å². The molecule has 2 rings (SSSR count). The van der Waals surface area contributed by atoms with Gasteiger partial charge in [-0.1, -0.05) is 50.1 Å². The van der Waals surface area contributed by atoms with Crippen LogP contribution in [0.4, 0.5) is 0 Å². The number of halogens is 2. The van der Waals surface area contributed by atoms with Crippen LogP contribution in [-0.4, -0.2) is 22.8 Å². The zero-order chi connectivity index (χ0) is 9.26. The summed E-state index contributed by atoms with van der Waals surface area (Å²) >= 11 is 7.05. The first-order valence-corrected chi connectivity index (χ1v) is 6.26. The lowest BCUT2D eigenvalue weighted by Crippen LogP contribution is -2.03. The Bertz CT molecular complexity index is 301. The van der Waals surface area contributed by atoms with Crippen molar-refractivity contribution < 1.29 is 0 Å². The molecule has 1 heterocycles. The zero-order valence-electron chi connectivity index (χ0n) is 7.21. The van der Waals surface area contributed by atoms with Crippen LogP contribution in [-0.2, 0) is 6.54 Å². The van der Waals surface area contributed by atoms with Gasteiger partial charge in [-0.05, 0) is 11.6 Å². The molecule has 1 aromatic carbocycles. The standard InChI is InChI=1S/C10H11Br2N/c11-5-9-7-13(9)6-8-3-1-2-4-10(8)12/h1-4,9H,5-7H2. The molecule has 0 amide bonds. The minimum Gasteiger partial charge on any atom is -0.292 e. The second-order valence-electron chi connectivity index (χ2n) is 3.33. The molecule has 1 aromatic rings. The Morgan fingerprint density at radius 2 is 2.15 bits per heavy atom. The molecule has 1 aliphatic heterocycles. The first-order valence-electron chi connectivity index (χ1n) is 4.34. The van der Waals surface area contributed by atoms with E-state index in [2.05, 4.69) is 61.0 Å². The van der Waals surface area contributed by atoms with E-state index in [4.69, 9.17) is 0 Å². The molecule has 0 aromatic heterocycles. The summed E-state index contributed by atoms with van der Waals surface area (Å²) in [5, 5.41) is 1.09. The molecule has 0 radical (unpaired) electrons. The molecule has 1 fully saturated rings. The fourth-order valence-electron chi connectivity index (χ4n) is 1.41. The van der Waals surface area contributed by atoms with E-state index in [-0.39, 0.29) is 0 Å². The van der Waals surface area contributed by atoms with E-state index in [1.807, 2.05) is 0 Å². The predicted octanol–water partition coefficient (Wildman–Crippen LogP) is 3.03. The van der Waals surface area contributed by atoms with Gasteiger partial charge in [0.25, 0.3) is 0 Å². The number of benzene rings is 1. The minimum atomic E-state index is 0.757. The molecule has 0 bridgehead atoms. The van der Waals surface area contributed by atoms with Crippen LogP contribution in [0.25, 0.3) is 0 Å². The van der Waals surface area contributed by atoms with Crippen molar-refractivity contribution in [2.45, 2.75) is 12.6 Å². The summed E-state index contributed by atoms with van der Waals surface area (Å²) < 4.78 is 1.22. The molecule has 2 atom stereocenters. The van der Waals surface area contributed by atoms with Gasteiger partial charge in [-0.25, -0.2) is 0 Å². The van der Waals surface area contributed by atoms with E-state index in [0.29, 0.717) is 0 Å². The highest BCUT2D eigenvalue weighted by molar-refractivity contribution is 9.10. The van der Waals surface area contributed by atoms with Gasteiger partial charge in [-0.3, -0.25) is 4.90 Å². The fraction of sp³-hybridized carbons (Fsp3) is 0.400. The Morgan fingerprint density at radius 1 is 1.38 bits per heavy atom. The van der Waals surface area contributed by atoms with Crippen LogP contribution in [0, 0.1) is 0 Å². The van der Waals surface area contributed by atoms with Gasteiger partial charge in [0.05, 0.1) is 0 Å². The average molecular weight is 305 g/mol. The summed E-state index contributed by atoms with van der Waals surface area (Å²) in [6.45, 7) is 2.30. The molecule has 1 aliphatic rings. The smallest absolute Gasteiger partial charge is 0.0324 e. The van der Waals surface area contributed by atoms with E-state index in [1.165, 1.54) is 16.6 Å². The highest BCUT2D eigenvalue weighted by atomic mass is 79.9. The molecular weight excluding hydrogens is 294 g/mol. The quantitative estimate of drug-likeness (QED) is 0.613. The first-order chi connectivity index (χ1) is 6.31. The van der Waals surface area contributed by atoms with Gasteiger partial charge in [0, 0.05) is 28.9 Å². The van der Waals surface area contributed by atoms with Gasteiger partial charge in [-0.15, -0.1) is 0 Å². The highest BCUT2D eigenvalue weighted by Crippen LogP contribution is 2.25. The number of rotatable bonds is 3. The molecule has 0 spiro atoms. The molecule has 0 aliphatic carbocycles. The van der Waals surface area contributed by atoms with Crippen LogP contribution in [0.15, 0.2) is 28.7 Å². The predicted molar refractivity (Wildman–Crippen MR) is 62.1 cm³/mol. The highest BCUT2D eigenvalue weighted by Gasteiger charge is 2.32. The lowest BCUT2D eigenvalue weighted by Gasteiger charge is -2.04. The van der Waals surface area contributed by atoms with Crippen LogP contribution < -0.4 is 0 Å². The van der Waals surface area contributed by atoms with Crippen LogP contribution in [0.2, 0.25) is 0 Å². The summed E-state index contributed by atoms with van der Waals surface area (Å²) in [7, 11) is 0. The fourth-order valence-corrected chi connectivity index (χ4v) is 2.43. The lowest BCUT2D eigenvalue weighted by atomic mass is 10.2. The second-order valence-corrected chi connectivity index (χ2v) is 4.83. The number of nitrogens with zero attached hydrogens (tertiary/aromatic N) is 1. The summed E-state index contributed by atoms with van der Waals surface area (Å²) in [4.78, 5) is 2.45. The summed E-state index contributed by atoms with van der Waals surface area (Å²) in [6, 6.07) is 9.17. The van der Waals surface area contributed by atoms with Crippen molar-refractivity contribution in [3.05, 3.63) is 34.3 Å². The maximum atomic E-state index is 3.56.